The molecule has 1 N–H and O–H groups in total. The minimum Gasteiger partial charge on any atom is -0.349 e. The number of aryl methyl sites for hydroxylation is 2. The standard InChI is InChI=1S/C18H25N5O2/c1-12(2)10-23-14(11-22-7-5-6-15(22)18(23)25)9-19-17(24)16-8-13(3)20-21(16)4/h5-8,12,14H,9-11H2,1-4H3,(H,19,24). The molecule has 0 fully saturated rings. The average Bonchev–Trinajstić information content (AvgIpc) is 3.14. The number of rotatable bonds is 5. The molecule has 1 aliphatic rings. The monoisotopic (exact) mass is 343 g/mol. The van der Waals surface area contributed by atoms with E-state index >= 15 is 0 Å². The van der Waals surface area contributed by atoms with Gasteiger partial charge in [-0.05, 0) is 31.0 Å². The van der Waals surface area contributed by atoms with Crippen molar-refractivity contribution in [2.45, 2.75) is 33.4 Å². The third kappa shape index (κ3) is 3.45. The van der Waals surface area contributed by atoms with Gasteiger partial charge in [-0.2, -0.15) is 5.10 Å². The fraction of sp³-hybridized carbons (Fsp3) is 0.500. The van der Waals surface area contributed by atoms with Crippen LogP contribution < -0.4 is 5.32 Å². The van der Waals surface area contributed by atoms with Gasteiger partial charge in [-0.25, -0.2) is 0 Å². The minimum atomic E-state index is -0.168. The Labute approximate surface area is 147 Å². The van der Waals surface area contributed by atoms with Crippen molar-refractivity contribution in [3.63, 3.8) is 0 Å². The predicted molar refractivity (Wildman–Crippen MR) is 94.4 cm³/mol. The number of aromatic nitrogens is 3. The Bertz CT molecular complexity index is 789. The van der Waals surface area contributed by atoms with E-state index in [9.17, 15) is 9.59 Å². The van der Waals surface area contributed by atoms with Crippen LogP contribution in [0.1, 0.15) is 40.5 Å². The average molecular weight is 343 g/mol. The summed E-state index contributed by atoms with van der Waals surface area (Å²) in [5, 5.41) is 7.17. The summed E-state index contributed by atoms with van der Waals surface area (Å²) < 4.78 is 3.54. The Morgan fingerprint density at radius 3 is 2.84 bits per heavy atom. The molecule has 1 aliphatic heterocycles. The lowest BCUT2D eigenvalue weighted by molar-refractivity contribution is 0.0553. The van der Waals surface area contributed by atoms with Gasteiger partial charge in [0.15, 0.2) is 0 Å². The highest BCUT2D eigenvalue weighted by Gasteiger charge is 2.32. The molecule has 0 aromatic carbocycles. The van der Waals surface area contributed by atoms with E-state index in [1.165, 1.54) is 0 Å². The molecule has 7 heteroatoms. The van der Waals surface area contributed by atoms with Gasteiger partial charge in [-0.3, -0.25) is 14.3 Å². The number of nitrogens with one attached hydrogen (secondary N) is 1. The van der Waals surface area contributed by atoms with E-state index in [1.54, 1.807) is 17.8 Å². The third-order valence-corrected chi connectivity index (χ3v) is 4.45. The zero-order valence-electron chi connectivity index (χ0n) is 15.2. The van der Waals surface area contributed by atoms with Gasteiger partial charge in [0.25, 0.3) is 11.8 Å². The summed E-state index contributed by atoms with van der Waals surface area (Å²) in [4.78, 5) is 27.1. The number of carbonyl (C=O) groups is 2. The summed E-state index contributed by atoms with van der Waals surface area (Å²) >= 11 is 0. The van der Waals surface area contributed by atoms with E-state index in [2.05, 4.69) is 24.3 Å². The fourth-order valence-corrected chi connectivity index (χ4v) is 3.33. The van der Waals surface area contributed by atoms with Gasteiger partial charge < -0.3 is 14.8 Å². The Morgan fingerprint density at radius 1 is 1.44 bits per heavy atom. The maximum absolute atomic E-state index is 12.8. The molecule has 2 aromatic heterocycles. The molecule has 3 heterocycles. The van der Waals surface area contributed by atoms with Crippen molar-refractivity contribution < 1.29 is 9.59 Å². The lowest BCUT2D eigenvalue weighted by atomic mass is 10.1. The molecule has 0 saturated carbocycles. The van der Waals surface area contributed by atoms with Gasteiger partial charge in [0.05, 0.1) is 11.7 Å². The van der Waals surface area contributed by atoms with Crippen molar-refractivity contribution in [2.24, 2.45) is 13.0 Å². The van der Waals surface area contributed by atoms with Crippen LogP contribution in [0.3, 0.4) is 0 Å². The third-order valence-electron chi connectivity index (χ3n) is 4.45. The Kier molecular flexibility index (Phi) is 4.65. The first-order valence-corrected chi connectivity index (χ1v) is 8.61. The molecular weight excluding hydrogens is 318 g/mol. The lowest BCUT2D eigenvalue weighted by Gasteiger charge is -2.37. The zero-order chi connectivity index (χ0) is 18.1. The summed E-state index contributed by atoms with van der Waals surface area (Å²) in [7, 11) is 1.75. The lowest BCUT2D eigenvalue weighted by Crippen LogP contribution is -2.53. The van der Waals surface area contributed by atoms with Crippen molar-refractivity contribution in [3.05, 3.63) is 41.5 Å². The number of carbonyl (C=O) groups excluding carboxylic acids is 2. The Hall–Kier alpha value is -2.57. The topological polar surface area (TPSA) is 72.2 Å². The van der Waals surface area contributed by atoms with E-state index in [0.717, 1.165) is 5.69 Å². The van der Waals surface area contributed by atoms with Gasteiger partial charge in [0.1, 0.15) is 11.4 Å². The van der Waals surface area contributed by atoms with Crippen LogP contribution in [0.5, 0.6) is 0 Å². The molecule has 25 heavy (non-hydrogen) atoms. The second-order valence-electron chi connectivity index (χ2n) is 7.06. The van der Waals surface area contributed by atoms with Crippen LogP contribution in [0.2, 0.25) is 0 Å². The van der Waals surface area contributed by atoms with Crippen LogP contribution in [0.25, 0.3) is 0 Å². The number of hydrogen-bond acceptors (Lipinski definition) is 3. The summed E-state index contributed by atoms with van der Waals surface area (Å²) in [5.74, 6) is 0.224. The summed E-state index contributed by atoms with van der Waals surface area (Å²) in [6.45, 7) is 7.82. The Morgan fingerprint density at radius 2 is 2.20 bits per heavy atom. The first-order chi connectivity index (χ1) is 11.9. The van der Waals surface area contributed by atoms with E-state index in [-0.39, 0.29) is 17.9 Å². The molecule has 134 valence electrons. The zero-order valence-corrected chi connectivity index (χ0v) is 15.2. The van der Waals surface area contributed by atoms with Crippen molar-refractivity contribution >= 4 is 11.8 Å². The highest BCUT2D eigenvalue weighted by Crippen LogP contribution is 2.19. The van der Waals surface area contributed by atoms with Crippen molar-refractivity contribution in [2.75, 3.05) is 13.1 Å². The highest BCUT2D eigenvalue weighted by atomic mass is 16.2. The van der Waals surface area contributed by atoms with Crippen molar-refractivity contribution in [1.82, 2.24) is 24.6 Å². The number of nitrogens with zero attached hydrogens (tertiary/aromatic N) is 4. The smallest absolute Gasteiger partial charge is 0.270 e. The molecule has 1 atom stereocenters. The van der Waals surface area contributed by atoms with E-state index < -0.39 is 0 Å². The molecule has 0 radical (unpaired) electrons. The molecule has 2 aromatic rings. The van der Waals surface area contributed by atoms with Gasteiger partial charge in [-0.15, -0.1) is 0 Å². The van der Waals surface area contributed by atoms with Gasteiger partial charge in [0, 0.05) is 32.9 Å². The van der Waals surface area contributed by atoms with Gasteiger partial charge >= 0.3 is 0 Å². The van der Waals surface area contributed by atoms with Crippen molar-refractivity contribution in [3.8, 4) is 0 Å². The Balaban J connectivity index is 1.74. The fourth-order valence-electron chi connectivity index (χ4n) is 3.33. The molecule has 1 unspecified atom stereocenters. The van der Waals surface area contributed by atoms with E-state index in [0.29, 0.717) is 36.9 Å². The van der Waals surface area contributed by atoms with Crippen LogP contribution in [-0.4, -0.2) is 50.2 Å². The molecule has 7 nitrogen and oxygen atoms in total. The number of amides is 2. The summed E-state index contributed by atoms with van der Waals surface area (Å²) in [5.41, 5.74) is 2.04. The second-order valence-corrected chi connectivity index (χ2v) is 7.06. The van der Waals surface area contributed by atoms with Crippen LogP contribution in [0.4, 0.5) is 0 Å². The van der Waals surface area contributed by atoms with Gasteiger partial charge in [0.2, 0.25) is 0 Å². The van der Waals surface area contributed by atoms with Crippen LogP contribution in [0.15, 0.2) is 24.4 Å². The normalized spacial score (nSPS) is 17.1. The maximum Gasteiger partial charge on any atom is 0.270 e. The summed E-state index contributed by atoms with van der Waals surface area (Å²) in [6, 6.07) is 5.44. The number of fused-ring (bicyclic) bond motifs is 1. The number of hydrogen-bond donors (Lipinski definition) is 1. The summed E-state index contributed by atoms with van der Waals surface area (Å²) in [6.07, 6.45) is 1.92. The maximum atomic E-state index is 12.8. The SMILES string of the molecule is Cc1cc(C(=O)NCC2Cn3cccc3C(=O)N2CC(C)C)n(C)n1. The predicted octanol–water partition coefficient (Wildman–Crippen LogP) is 1.44. The van der Waals surface area contributed by atoms with Crippen LogP contribution in [0, 0.1) is 12.8 Å². The molecule has 2 amide bonds. The molecular formula is C18H25N5O2. The molecule has 0 aliphatic carbocycles. The van der Waals surface area contributed by atoms with E-state index in [4.69, 9.17) is 0 Å². The quantitative estimate of drug-likeness (QED) is 0.893. The van der Waals surface area contributed by atoms with E-state index in [1.807, 2.05) is 34.7 Å². The molecule has 0 spiro atoms. The van der Waals surface area contributed by atoms with Crippen LogP contribution in [-0.2, 0) is 13.6 Å². The van der Waals surface area contributed by atoms with Gasteiger partial charge in [-0.1, -0.05) is 13.8 Å². The van der Waals surface area contributed by atoms with Crippen LogP contribution >= 0.6 is 0 Å². The first kappa shape index (κ1) is 17.3. The highest BCUT2D eigenvalue weighted by molar-refractivity contribution is 5.94. The second kappa shape index (κ2) is 6.74. The molecule has 0 saturated heterocycles. The largest absolute Gasteiger partial charge is 0.349 e. The molecule has 3 rings (SSSR count). The van der Waals surface area contributed by atoms with Crippen molar-refractivity contribution in [1.29, 1.82) is 0 Å². The minimum absolute atomic E-state index is 0.0283. The first-order valence-electron chi connectivity index (χ1n) is 8.61. The molecule has 0 bridgehead atoms.